The van der Waals surface area contributed by atoms with Gasteiger partial charge in [-0.2, -0.15) is 0 Å². The third-order valence-electron chi connectivity index (χ3n) is 4.07. The van der Waals surface area contributed by atoms with Crippen molar-refractivity contribution >= 4 is 12.0 Å². The van der Waals surface area contributed by atoms with Gasteiger partial charge >= 0.3 is 12.0 Å². The van der Waals surface area contributed by atoms with Crippen molar-refractivity contribution in [1.82, 2.24) is 9.80 Å². The van der Waals surface area contributed by atoms with Gasteiger partial charge in [-0.15, -0.1) is 0 Å². The Bertz CT molecular complexity index is 309. The van der Waals surface area contributed by atoms with Gasteiger partial charge < -0.3 is 14.9 Å². The number of nitrogens with zero attached hydrogens (tertiary/aromatic N) is 2. The van der Waals surface area contributed by atoms with Gasteiger partial charge in [0.15, 0.2) is 0 Å². The number of carboxylic acids is 1. The first-order chi connectivity index (χ1) is 8.42. The van der Waals surface area contributed by atoms with Crippen LogP contribution in [0.1, 0.15) is 33.6 Å². The van der Waals surface area contributed by atoms with Crippen LogP contribution in [0.25, 0.3) is 0 Å². The average molecular weight is 256 g/mol. The number of carbonyl (C=O) groups excluding carboxylic acids is 1. The van der Waals surface area contributed by atoms with Gasteiger partial charge in [0.05, 0.1) is 5.92 Å². The number of aliphatic carboxylic acids is 1. The molecular formula is C13H24N2O3. The number of rotatable bonds is 5. The van der Waals surface area contributed by atoms with Crippen LogP contribution in [-0.2, 0) is 4.79 Å². The predicted octanol–water partition coefficient (Wildman–Crippen LogP) is 1.88. The first-order valence-electron chi connectivity index (χ1n) is 6.66. The zero-order valence-corrected chi connectivity index (χ0v) is 11.7. The maximum absolute atomic E-state index is 12.1. The van der Waals surface area contributed by atoms with Crippen molar-refractivity contribution in [2.45, 2.75) is 39.7 Å². The SMILES string of the molecule is CCC(CC)N(C)C(=O)N1CC(C(C)C(=O)O)C1. The molecule has 1 aliphatic heterocycles. The molecule has 18 heavy (non-hydrogen) atoms. The highest BCUT2D eigenvalue weighted by Crippen LogP contribution is 2.25. The molecule has 1 rings (SSSR count). The second-order valence-corrected chi connectivity index (χ2v) is 5.16. The van der Waals surface area contributed by atoms with E-state index in [0.29, 0.717) is 13.1 Å². The molecule has 0 aromatic heterocycles. The monoisotopic (exact) mass is 256 g/mol. The molecule has 5 nitrogen and oxygen atoms in total. The lowest BCUT2D eigenvalue weighted by Gasteiger charge is -2.44. The second-order valence-electron chi connectivity index (χ2n) is 5.16. The minimum absolute atomic E-state index is 0.0255. The molecule has 1 fully saturated rings. The van der Waals surface area contributed by atoms with E-state index in [1.165, 1.54) is 0 Å². The Morgan fingerprint density at radius 3 is 2.22 bits per heavy atom. The van der Waals surface area contributed by atoms with Crippen LogP contribution in [0.5, 0.6) is 0 Å². The van der Waals surface area contributed by atoms with Crippen LogP contribution in [0, 0.1) is 11.8 Å². The van der Waals surface area contributed by atoms with E-state index in [2.05, 4.69) is 13.8 Å². The molecule has 2 amide bonds. The van der Waals surface area contributed by atoms with Gasteiger partial charge in [0.2, 0.25) is 0 Å². The summed E-state index contributed by atoms with van der Waals surface area (Å²) in [5.41, 5.74) is 0. The van der Waals surface area contributed by atoms with E-state index in [0.717, 1.165) is 12.8 Å². The molecule has 0 spiro atoms. The summed E-state index contributed by atoms with van der Waals surface area (Å²) in [5.74, 6) is -1.05. The van der Waals surface area contributed by atoms with E-state index in [9.17, 15) is 9.59 Å². The molecule has 1 aliphatic rings. The van der Waals surface area contributed by atoms with Crippen molar-refractivity contribution < 1.29 is 14.7 Å². The number of hydrogen-bond acceptors (Lipinski definition) is 2. The van der Waals surface area contributed by atoms with Gasteiger partial charge in [-0.3, -0.25) is 4.79 Å². The van der Waals surface area contributed by atoms with Crippen LogP contribution >= 0.6 is 0 Å². The topological polar surface area (TPSA) is 60.9 Å². The summed E-state index contributed by atoms with van der Waals surface area (Å²) >= 11 is 0. The molecule has 0 aromatic carbocycles. The summed E-state index contributed by atoms with van der Waals surface area (Å²) < 4.78 is 0. The fourth-order valence-electron chi connectivity index (χ4n) is 2.40. The van der Waals surface area contributed by atoms with Crippen LogP contribution < -0.4 is 0 Å². The molecule has 0 bridgehead atoms. The van der Waals surface area contributed by atoms with Crippen molar-refractivity contribution in [3.05, 3.63) is 0 Å². The normalized spacial score (nSPS) is 17.5. The minimum atomic E-state index is -0.777. The first kappa shape index (κ1) is 14.8. The fraction of sp³-hybridized carbons (Fsp3) is 0.846. The van der Waals surface area contributed by atoms with E-state index < -0.39 is 5.97 Å². The fourth-order valence-corrected chi connectivity index (χ4v) is 2.40. The molecule has 1 saturated heterocycles. The Kier molecular flexibility index (Phi) is 4.99. The van der Waals surface area contributed by atoms with Crippen molar-refractivity contribution in [2.75, 3.05) is 20.1 Å². The quantitative estimate of drug-likeness (QED) is 0.817. The Labute approximate surface area is 109 Å². The van der Waals surface area contributed by atoms with Crippen molar-refractivity contribution in [3.8, 4) is 0 Å². The summed E-state index contributed by atoms with van der Waals surface area (Å²) in [5, 5.41) is 8.90. The summed E-state index contributed by atoms with van der Waals surface area (Å²) in [4.78, 5) is 26.5. The highest BCUT2D eigenvalue weighted by molar-refractivity contribution is 5.76. The molecule has 5 heteroatoms. The minimum Gasteiger partial charge on any atom is -0.481 e. The van der Waals surface area contributed by atoms with Crippen molar-refractivity contribution in [3.63, 3.8) is 0 Å². The van der Waals surface area contributed by atoms with Crippen LogP contribution in [0.3, 0.4) is 0 Å². The van der Waals surface area contributed by atoms with Crippen LogP contribution in [0.4, 0.5) is 4.79 Å². The van der Waals surface area contributed by atoms with E-state index in [1.54, 1.807) is 16.7 Å². The van der Waals surface area contributed by atoms with Gasteiger partial charge in [0, 0.05) is 32.1 Å². The summed E-state index contributed by atoms with van der Waals surface area (Å²) in [7, 11) is 1.83. The molecule has 1 unspecified atom stereocenters. The third-order valence-corrected chi connectivity index (χ3v) is 4.07. The number of likely N-dealkylation sites (tertiary alicyclic amines) is 1. The number of hydrogen-bond donors (Lipinski definition) is 1. The molecule has 0 aliphatic carbocycles. The standard InChI is InChI=1S/C13H24N2O3/c1-5-11(6-2)14(4)13(18)15-7-10(8-15)9(3)12(16)17/h9-11H,5-8H2,1-4H3,(H,16,17). The lowest BCUT2D eigenvalue weighted by Crippen LogP contribution is -2.58. The number of urea groups is 1. The van der Waals surface area contributed by atoms with E-state index in [4.69, 9.17) is 5.11 Å². The zero-order chi connectivity index (χ0) is 13.9. The number of amides is 2. The van der Waals surface area contributed by atoms with Gasteiger partial charge in [-0.05, 0) is 12.8 Å². The summed E-state index contributed by atoms with van der Waals surface area (Å²) in [6, 6.07) is 0.297. The van der Waals surface area contributed by atoms with Crippen LogP contribution in [0.15, 0.2) is 0 Å². The summed E-state index contributed by atoms with van der Waals surface area (Å²) in [6.45, 7) is 6.99. The molecule has 0 radical (unpaired) electrons. The van der Waals surface area contributed by atoms with Crippen molar-refractivity contribution in [2.24, 2.45) is 11.8 Å². The molecule has 1 heterocycles. The Morgan fingerprint density at radius 2 is 1.83 bits per heavy atom. The van der Waals surface area contributed by atoms with Gasteiger partial charge in [0.25, 0.3) is 0 Å². The second kappa shape index (κ2) is 6.07. The lowest BCUT2D eigenvalue weighted by atomic mass is 9.87. The predicted molar refractivity (Wildman–Crippen MR) is 69.4 cm³/mol. The van der Waals surface area contributed by atoms with E-state index in [1.807, 2.05) is 7.05 Å². The largest absolute Gasteiger partial charge is 0.481 e. The summed E-state index contributed by atoms with van der Waals surface area (Å²) in [6.07, 6.45) is 1.89. The molecule has 0 aromatic rings. The third kappa shape index (κ3) is 2.94. The van der Waals surface area contributed by atoms with Gasteiger partial charge in [-0.25, -0.2) is 4.79 Å². The van der Waals surface area contributed by atoms with E-state index >= 15 is 0 Å². The first-order valence-corrected chi connectivity index (χ1v) is 6.66. The van der Waals surface area contributed by atoms with Gasteiger partial charge in [-0.1, -0.05) is 20.8 Å². The molecule has 0 saturated carbocycles. The van der Waals surface area contributed by atoms with E-state index in [-0.39, 0.29) is 23.9 Å². The lowest BCUT2D eigenvalue weighted by molar-refractivity contribution is -0.144. The number of carbonyl (C=O) groups is 2. The van der Waals surface area contributed by atoms with Crippen LogP contribution in [0.2, 0.25) is 0 Å². The molecule has 1 atom stereocenters. The highest BCUT2D eigenvalue weighted by Gasteiger charge is 2.38. The van der Waals surface area contributed by atoms with Crippen LogP contribution in [-0.4, -0.2) is 53.1 Å². The Balaban J connectivity index is 2.46. The molecule has 1 N–H and O–H groups in total. The average Bonchev–Trinajstić information content (AvgIpc) is 2.27. The van der Waals surface area contributed by atoms with Crippen molar-refractivity contribution in [1.29, 1.82) is 0 Å². The zero-order valence-electron chi connectivity index (χ0n) is 11.7. The Morgan fingerprint density at radius 1 is 1.33 bits per heavy atom. The molecular weight excluding hydrogens is 232 g/mol. The smallest absolute Gasteiger partial charge is 0.320 e. The Hall–Kier alpha value is -1.26. The number of carboxylic acid groups (broad SMARTS) is 1. The van der Waals surface area contributed by atoms with Gasteiger partial charge in [0.1, 0.15) is 0 Å². The maximum atomic E-state index is 12.1. The highest BCUT2D eigenvalue weighted by atomic mass is 16.4. The maximum Gasteiger partial charge on any atom is 0.320 e. The molecule has 104 valence electrons.